The monoisotopic (exact) mass is 319 g/mol. The van der Waals surface area contributed by atoms with E-state index in [9.17, 15) is 9.90 Å². The van der Waals surface area contributed by atoms with Crippen molar-refractivity contribution in [1.29, 1.82) is 0 Å². The predicted octanol–water partition coefficient (Wildman–Crippen LogP) is 4.02. The van der Waals surface area contributed by atoms with Crippen molar-refractivity contribution in [2.45, 2.75) is 13.8 Å². The number of aryl methyl sites for hydroxylation is 2. The normalized spacial score (nSPS) is 10.3. The molecular formula is C15H14BrNO2. The maximum Gasteiger partial charge on any atom is 0.255 e. The van der Waals surface area contributed by atoms with Crippen LogP contribution in [0.1, 0.15) is 21.5 Å². The van der Waals surface area contributed by atoms with Gasteiger partial charge in [-0.15, -0.1) is 0 Å². The summed E-state index contributed by atoms with van der Waals surface area (Å²) in [6.45, 7) is 3.70. The second kappa shape index (κ2) is 5.45. The van der Waals surface area contributed by atoms with Crippen LogP contribution in [0.3, 0.4) is 0 Å². The molecule has 0 atom stereocenters. The first-order valence-electron chi connectivity index (χ1n) is 5.84. The average Bonchev–Trinajstić information content (AvgIpc) is 2.34. The molecule has 0 heterocycles. The minimum absolute atomic E-state index is 0.163. The maximum absolute atomic E-state index is 12.1. The van der Waals surface area contributed by atoms with Gasteiger partial charge < -0.3 is 10.4 Å². The van der Waals surface area contributed by atoms with Crippen molar-refractivity contribution >= 4 is 27.5 Å². The molecule has 0 radical (unpaired) electrons. The summed E-state index contributed by atoms with van der Waals surface area (Å²) in [5, 5.41) is 12.4. The van der Waals surface area contributed by atoms with E-state index in [0.717, 1.165) is 21.3 Å². The molecule has 2 aromatic rings. The molecule has 0 saturated heterocycles. The van der Waals surface area contributed by atoms with E-state index in [1.165, 1.54) is 0 Å². The van der Waals surface area contributed by atoms with E-state index in [1.807, 2.05) is 26.0 Å². The van der Waals surface area contributed by atoms with Gasteiger partial charge in [0.05, 0.1) is 0 Å². The molecule has 0 aliphatic heterocycles. The lowest BCUT2D eigenvalue weighted by atomic mass is 10.1. The third-order valence-electron chi connectivity index (χ3n) is 2.86. The number of carbonyl (C=O) groups is 1. The van der Waals surface area contributed by atoms with Gasteiger partial charge in [-0.25, -0.2) is 0 Å². The Morgan fingerprint density at radius 1 is 1.11 bits per heavy atom. The zero-order chi connectivity index (χ0) is 14.0. The fourth-order valence-electron chi connectivity index (χ4n) is 1.92. The van der Waals surface area contributed by atoms with Crippen LogP contribution in [-0.2, 0) is 0 Å². The number of carbonyl (C=O) groups excluding carboxylic acids is 1. The van der Waals surface area contributed by atoms with Gasteiger partial charge in [0.1, 0.15) is 5.75 Å². The molecule has 2 rings (SSSR count). The molecule has 19 heavy (non-hydrogen) atoms. The van der Waals surface area contributed by atoms with Gasteiger partial charge in [-0.05, 0) is 61.4 Å². The zero-order valence-corrected chi connectivity index (χ0v) is 12.3. The van der Waals surface area contributed by atoms with Crippen molar-refractivity contribution in [3.05, 3.63) is 57.6 Å². The summed E-state index contributed by atoms with van der Waals surface area (Å²) < 4.78 is 0.932. The Kier molecular flexibility index (Phi) is 3.90. The highest BCUT2D eigenvalue weighted by atomic mass is 79.9. The van der Waals surface area contributed by atoms with Crippen LogP contribution in [0.4, 0.5) is 5.69 Å². The summed E-state index contributed by atoms with van der Waals surface area (Å²) in [7, 11) is 0. The Hall–Kier alpha value is -1.81. The number of halogens is 1. The van der Waals surface area contributed by atoms with Gasteiger partial charge in [0.2, 0.25) is 0 Å². The number of phenols is 1. The summed E-state index contributed by atoms with van der Waals surface area (Å²) in [5.41, 5.74) is 3.01. The molecule has 0 aliphatic rings. The average molecular weight is 320 g/mol. The summed E-state index contributed by atoms with van der Waals surface area (Å²) in [4.78, 5) is 12.1. The summed E-state index contributed by atoms with van der Waals surface area (Å²) in [6.07, 6.45) is 0. The molecule has 0 aliphatic carbocycles. The standard InChI is InChI=1S/C15H14BrNO2/c1-9-7-13(18)8-10(2)14(9)17-15(19)11-3-5-12(16)6-4-11/h3-8,18H,1-2H3,(H,17,19). The Labute approximate surface area is 120 Å². The van der Waals surface area contributed by atoms with Crippen LogP contribution in [0.2, 0.25) is 0 Å². The molecule has 3 nitrogen and oxygen atoms in total. The van der Waals surface area contributed by atoms with Crippen LogP contribution in [0.15, 0.2) is 40.9 Å². The molecular weight excluding hydrogens is 306 g/mol. The van der Waals surface area contributed by atoms with Crippen LogP contribution in [0, 0.1) is 13.8 Å². The third kappa shape index (κ3) is 3.15. The van der Waals surface area contributed by atoms with Gasteiger partial charge in [0.25, 0.3) is 5.91 Å². The van der Waals surface area contributed by atoms with Crippen LogP contribution >= 0.6 is 15.9 Å². The zero-order valence-electron chi connectivity index (χ0n) is 10.7. The van der Waals surface area contributed by atoms with Gasteiger partial charge in [-0.1, -0.05) is 15.9 Å². The molecule has 0 aromatic heterocycles. The molecule has 2 aromatic carbocycles. The summed E-state index contributed by atoms with van der Waals surface area (Å²) >= 11 is 3.33. The highest BCUT2D eigenvalue weighted by Gasteiger charge is 2.10. The van der Waals surface area contributed by atoms with Crippen LogP contribution < -0.4 is 5.32 Å². The van der Waals surface area contributed by atoms with Gasteiger partial charge in [-0.2, -0.15) is 0 Å². The lowest BCUT2D eigenvalue weighted by Gasteiger charge is -2.12. The number of anilines is 1. The minimum Gasteiger partial charge on any atom is -0.508 e. The van der Waals surface area contributed by atoms with Gasteiger partial charge in [0, 0.05) is 15.7 Å². The van der Waals surface area contributed by atoms with E-state index in [-0.39, 0.29) is 11.7 Å². The van der Waals surface area contributed by atoms with Crippen molar-refractivity contribution in [1.82, 2.24) is 0 Å². The largest absolute Gasteiger partial charge is 0.508 e. The van der Waals surface area contributed by atoms with Crippen molar-refractivity contribution in [3.8, 4) is 5.75 Å². The van der Waals surface area contributed by atoms with E-state index in [4.69, 9.17) is 0 Å². The highest BCUT2D eigenvalue weighted by molar-refractivity contribution is 9.10. The highest BCUT2D eigenvalue weighted by Crippen LogP contribution is 2.26. The smallest absolute Gasteiger partial charge is 0.255 e. The molecule has 0 saturated carbocycles. The molecule has 0 fully saturated rings. The molecule has 0 spiro atoms. The Morgan fingerprint density at radius 3 is 2.16 bits per heavy atom. The number of hydrogen-bond acceptors (Lipinski definition) is 2. The van der Waals surface area contributed by atoms with Gasteiger partial charge in [-0.3, -0.25) is 4.79 Å². The topological polar surface area (TPSA) is 49.3 Å². The fraction of sp³-hybridized carbons (Fsp3) is 0.133. The van der Waals surface area contributed by atoms with Crippen molar-refractivity contribution in [2.24, 2.45) is 0 Å². The number of amides is 1. The Morgan fingerprint density at radius 2 is 1.63 bits per heavy atom. The minimum atomic E-state index is -0.163. The number of hydrogen-bond donors (Lipinski definition) is 2. The maximum atomic E-state index is 12.1. The number of phenolic OH excluding ortho intramolecular Hbond substituents is 1. The fourth-order valence-corrected chi connectivity index (χ4v) is 2.19. The Balaban J connectivity index is 2.26. The summed E-state index contributed by atoms with van der Waals surface area (Å²) in [6, 6.07) is 10.4. The van der Waals surface area contributed by atoms with E-state index in [1.54, 1.807) is 24.3 Å². The first kappa shape index (κ1) is 13.6. The van der Waals surface area contributed by atoms with Crippen molar-refractivity contribution in [2.75, 3.05) is 5.32 Å². The number of rotatable bonds is 2. The Bertz CT molecular complexity index is 598. The molecule has 0 unspecified atom stereocenters. The molecule has 4 heteroatoms. The SMILES string of the molecule is Cc1cc(O)cc(C)c1NC(=O)c1ccc(Br)cc1. The summed E-state index contributed by atoms with van der Waals surface area (Å²) in [5.74, 6) is 0.0426. The lowest BCUT2D eigenvalue weighted by molar-refractivity contribution is 0.102. The predicted molar refractivity (Wildman–Crippen MR) is 79.7 cm³/mol. The van der Waals surface area contributed by atoms with Crippen LogP contribution in [-0.4, -0.2) is 11.0 Å². The molecule has 1 amide bonds. The van der Waals surface area contributed by atoms with E-state index >= 15 is 0 Å². The third-order valence-corrected chi connectivity index (χ3v) is 3.39. The molecule has 98 valence electrons. The number of nitrogens with one attached hydrogen (secondary N) is 1. The quantitative estimate of drug-likeness (QED) is 0.821. The number of aromatic hydroxyl groups is 1. The van der Waals surface area contributed by atoms with E-state index < -0.39 is 0 Å². The molecule has 2 N–H and O–H groups in total. The lowest BCUT2D eigenvalue weighted by Crippen LogP contribution is -2.13. The second-order valence-corrected chi connectivity index (χ2v) is 5.33. The van der Waals surface area contributed by atoms with Crippen LogP contribution in [0.25, 0.3) is 0 Å². The van der Waals surface area contributed by atoms with Gasteiger partial charge >= 0.3 is 0 Å². The van der Waals surface area contributed by atoms with E-state index in [2.05, 4.69) is 21.2 Å². The van der Waals surface area contributed by atoms with Crippen LogP contribution in [0.5, 0.6) is 5.75 Å². The van der Waals surface area contributed by atoms with Crippen molar-refractivity contribution in [3.63, 3.8) is 0 Å². The van der Waals surface area contributed by atoms with E-state index in [0.29, 0.717) is 5.56 Å². The molecule has 0 bridgehead atoms. The first-order valence-corrected chi connectivity index (χ1v) is 6.64. The van der Waals surface area contributed by atoms with Crippen molar-refractivity contribution < 1.29 is 9.90 Å². The van der Waals surface area contributed by atoms with Gasteiger partial charge in [0.15, 0.2) is 0 Å². The number of benzene rings is 2. The first-order chi connectivity index (χ1) is 8.97. The second-order valence-electron chi connectivity index (χ2n) is 4.42.